The molecule has 124 valence electrons. The van der Waals surface area contributed by atoms with Crippen LogP contribution in [-0.2, 0) is 10.0 Å². The maximum atomic E-state index is 12.4. The second kappa shape index (κ2) is 6.95. The summed E-state index contributed by atoms with van der Waals surface area (Å²) in [6.07, 6.45) is 0. The van der Waals surface area contributed by atoms with Crippen molar-refractivity contribution in [3.63, 3.8) is 0 Å². The molecule has 1 heterocycles. The molecule has 0 saturated carbocycles. The molecule has 0 fully saturated rings. The Kier molecular flexibility index (Phi) is 5.20. The molecule has 2 aromatic rings. The highest BCUT2D eigenvalue weighted by atomic mass is 32.2. The minimum absolute atomic E-state index is 0.193. The van der Waals surface area contributed by atoms with E-state index in [2.05, 4.69) is 34.1 Å². The second-order valence-electron chi connectivity index (χ2n) is 5.93. The molecular formula is C16H22N4O2S. The van der Waals surface area contributed by atoms with Gasteiger partial charge in [0.1, 0.15) is 5.82 Å². The van der Waals surface area contributed by atoms with Gasteiger partial charge in [0, 0.05) is 6.54 Å². The van der Waals surface area contributed by atoms with E-state index < -0.39 is 10.0 Å². The zero-order chi connectivity index (χ0) is 17.0. The molecule has 1 aromatic carbocycles. The molecule has 23 heavy (non-hydrogen) atoms. The van der Waals surface area contributed by atoms with Gasteiger partial charge in [-0.25, -0.2) is 8.42 Å². The summed E-state index contributed by atoms with van der Waals surface area (Å²) < 4.78 is 27.2. The number of benzene rings is 1. The largest absolute Gasteiger partial charge is 0.368 e. The summed E-state index contributed by atoms with van der Waals surface area (Å²) in [5, 5.41) is 11.0. The lowest BCUT2D eigenvalue weighted by Crippen LogP contribution is -2.15. The van der Waals surface area contributed by atoms with Gasteiger partial charge in [0.2, 0.25) is 0 Å². The number of sulfonamides is 1. The van der Waals surface area contributed by atoms with Crippen LogP contribution in [0.15, 0.2) is 35.2 Å². The molecule has 0 aliphatic carbocycles. The van der Waals surface area contributed by atoms with Crippen molar-refractivity contribution in [2.45, 2.75) is 32.6 Å². The first-order valence-corrected chi connectivity index (χ1v) is 8.94. The molecule has 0 spiro atoms. The number of aromatic nitrogens is 2. The summed E-state index contributed by atoms with van der Waals surface area (Å²) in [6, 6.07) is 8.30. The first-order chi connectivity index (χ1) is 10.8. The van der Waals surface area contributed by atoms with E-state index in [4.69, 9.17) is 0 Å². The molecular weight excluding hydrogens is 312 g/mol. The molecule has 1 aromatic heterocycles. The third kappa shape index (κ3) is 4.66. The lowest BCUT2D eigenvalue weighted by molar-refractivity contribution is 0.601. The van der Waals surface area contributed by atoms with Gasteiger partial charge >= 0.3 is 0 Å². The summed E-state index contributed by atoms with van der Waals surface area (Å²) in [7, 11) is -3.66. The SMILES string of the molecule is Cc1ccc(S(=O)(=O)Nc2ccc(NCC(C)C)nn2)cc1C. The molecule has 0 aliphatic heterocycles. The Balaban J connectivity index is 2.12. The Morgan fingerprint density at radius 2 is 1.65 bits per heavy atom. The molecule has 0 bridgehead atoms. The molecule has 2 N–H and O–H groups in total. The van der Waals surface area contributed by atoms with Gasteiger partial charge < -0.3 is 5.32 Å². The molecule has 0 saturated heterocycles. The number of aryl methyl sites for hydroxylation is 2. The monoisotopic (exact) mass is 334 g/mol. The van der Waals surface area contributed by atoms with Crippen LogP contribution in [0, 0.1) is 19.8 Å². The third-order valence-electron chi connectivity index (χ3n) is 3.38. The summed E-state index contributed by atoms with van der Waals surface area (Å²) in [6.45, 7) is 8.78. The van der Waals surface area contributed by atoms with Crippen molar-refractivity contribution in [1.29, 1.82) is 0 Å². The van der Waals surface area contributed by atoms with E-state index in [0.29, 0.717) is 11.7 Å². The molecule has 2 rings (SSSR count). The van der Waals surface area contributed by atoms with Crippen LogP contribution in [0.3, 0.4) is 0 Å². The van der Waals surface area contributed by atoms with Crippen molar-refractivity contribution in [2.24, 2.45) is 5.92 Å². The Morgan fingerprint density at radius 3 is 2.22 bits per heavy atom. The van der Waals surface area contributed by atoms with Crippen LogP contribution >= 0.6 is 0 Å². The lowest BCUT2D eigenvalue weighted by atomic mass is 10.1. The van der Waals surface area contributed by atoms with Crippen molar-refractivity contribution in [2.75, 3.05) is 16.6 Å². The molecule has 0 aliphatic rings. The van der Waals surface area contributed by atoms with Crippen molar-refractivity contribution in [1.82, 2.24) is 10.2 Å². The minimum atomic E-state index is -3.66. The Hall–Kier alpha value is -2.15. The van der Waals surface area contributed by atoms with E-state index in [9.17, 15) is 8.42 Å². The number of nitrogens with zero attached hydrogens (tertiary/aromatic N) is 2. The summed E-state index contributed by atoms with van der Waals surface area (Å²) in [5.41, 5.74) is 1.97. The Morgan fingerprint density at radius 1 is 1.00 bits per heavy atom. The van der Waals surface area contributed by atoms with Crippen LogP contribution in [0.1, 0.15) is 25.0 Å². The van der Waals surface area contributed by atoms with Gasteiger partial charge in [-0.1, -0.05) is 19.9 Å². The Labute approximate surface area is 137 Å². The second-order valence-corrected chi connectivity index (χ2v) is 7.61. The smallest absolute Gasteiger partial charge is 0.263 e. The highest BCUT2D eigenvalue weighted by molar-refractivity contribution is 7.92. The molecule has 7 heteroatoms. The molecule has 0 unspecified atom stereocenters. The lowest BCUT2D eigenvalue weighted by Gasteiger charge is -2.10. The predicted octanol–water partition coefficient (Wildman–Crippen LogP) is 2.96. The summed E-state index contributed by atoms with van der Waals surface area (Å²) in [5.74, 6) is 1.30. The number of anilines is 2. The topological polar surface area (TPSA) is 84.0 Å². The first kappa shape index (κ1) is 17.2. The number of rotatable bonds is 6. The van der Waals surface area contributed by atoms with Gasteiger partial charge in [-0.05, 0) is 55.2 Å². The molecule has 0 amide bonds. The van der Waals surface area contributed by atoms with E-state index in [1.807, 2.05) is 13.8 Å². The van der Waals surface area contributed by atoms with Crippen LogP contribution in [-0.4, -0.2) is 25.2 Å². The summed E-state index contributed by atoms with van der Waals surface area (Å²) in [4.78, 5) is 0.212. The average molecular weight is 334 g/mol. The zero-order valence-corrected chi connectivity index (χ0v) is 14.6. The van der Waals surface area contributed by atoms with Crippen LogP contribution in [0.4, 0.5) is 11.6 Å². The quantitative estimate of drug-likeness (QED) is 0.848. The van der Waals surface area contributed by atoms with E-state index in [-0.39, 0.29) is 10.7 Å². The molecule has 6 nitrogen and oxygen atoms in total. The average Bonchev–Trinajstić information content (AvgIpc) is 2.49. The fraction of sp³-hybridized carbons (Fsp3) is 0.375. The highest BCUT2D eigenvalue weighted by Crippen LogP contribution is 2.18. The van der Waals surface area contributed by atoms with Crippen LogP contribution < -0.4 is 10.0 Å². The van der Waals surface area contributed by atoms with Gasteiger partial charge in [-0.2, -0.15) is 0 Å². The van der Waals surface area contributed by atoms with Crippen LogP contribution in [0.2, 0.25) is 0 Å². The predicted molar refractivity (Wildman–Crippen MR) is 92.1 cm³/mol. The Bertz CT molecular complexity index is 771. The highest BCUT2D eigenvalue weighted by Gasteiger charge is 2.15. The van der Waals surface area contributed by atoms with E-state index in [1.165, 1.54) is 0 Å². The van der Waals surface area contributed by atoms with E-state index in [1.54, 1.807) is 30.3 Å². The maximum absolute atomic E-state index is 12.4. The van der Waals surface area contributed by atoms with Crippen molar-refractivity contribution < 1.29 is 8.42 Å². The van der Waals surface area contributed by atoms with Crippen LogP contribution in [0.25, 0.3) is 0 Å². The molecule has 0 atom stereocenters. The standard InChI is InChI=1S/C16H22N4O2S/c1-11(2)10-17-15-7-8-16(19-18-15)20-23(21,22)14-6-5-12(3)13(4)9-14/h5-9,11H,10H2,1-4H3,(H,17,18)(H,19,20). The fourth-order valence-corrected chi connectivity index (χ4v) is 2.95. The van der Waals surface area contributed by atoms with E-state index >= 15 is 0 Å². The van der Waals surface area contributed by atoms with Gasteiger partial charge in [0.15, 0.2) is 5.82 Å². The minimum Gasteiger partial charge on any atom is -0.368 e. The number of hydrogen-bond acceptors (Lipinski definition) is 5. The number of hydrogen-bond donors (Lipinski definition) is 2. The van der Waals surface area contributed by atoms with Crippen LogP contribution in [0.5, 0.6) is 0 Å². The number of nitrogens with one attached hydrogen (secondary N) is 2. The van der Waals surface area contributed by atoms with Gasteiger partial charge in [-0.15, -0.1) is 10.2 Å². The first-order valence-electron chi connectivity index (χ1n) is 7.45. The van der Waals surface area contributed by atoms with Crippen molar-refractivity contribution in [3.05, 3.63) is 41.5 Å². The van der Waals surface area contributed by atoms with E-state index in [0.717, 1.165) is 17.7 Å². The summed E-state index contributed by atoms with van der Waals surface area (Å²) >= 11 is 0. The normalized spacial score (nSPS) is 11.5. The van der Waals surface area contributed by atoms with Gasteiger partial charge in [0.25, 0.3) is 10.0 Å². The molecule has 0 radical (unpaired) electrons. The maximum Gasteiger partial charge on any atom is 0.263 e. The fourth-order valence-electron chi connectivity index (χ4n) is 1.87. The van der Waals surface area contributed by atoms with Crippen molar-refractivity contribution in [3.8, 4) is 0 Å². The van der Waals surface area contributed by atoms with Gasteiger partial charge in [0.05, 0.1) is 4.90 Å². The zero-order valence-electron chi connectivity index (χ0n) is 13.8. The van der Waals surface area contributed by atoms with Crippen molar-refractivity contribution >= 4 is 21.7 Å². The van der Waals surface area contributed by atoms with Gasteiger partial charge in [-0.3, -0.25) is 4.72 Å². The third-order valence-corrected chi connectivity index (χ3v) is 4.74.